The molecule has 2 atom stereocenters. The normalized spacial score (nSPS) is 27.1. The molecule has 1 fully saturated rings. The molecule has 2 N–H and O–H groups in total. The zero-order valence-corrected chi connectivity index (χ0v) is 11.5. The molecule has 1 saturated carbocycles. The predicted octanol–water partition coefficient (Wildman–Crippen LogP) is 0.856. The highest BCUT2D eigenvalue weighted by molar-refractivity contribution is 7.87. The number of hydrogen-bond donors (Lipinski definition) is 2. The highest BCUT2D eigenvalue weighted by Gasteiger charge is 2.28. The molecule has 5 nitrogen and oxygen atoms in total. The van der Waals surface area contributed by atoms with Gasteiger partial charge in [-0.1, -0.05) is 33.1 Å². The zero-order chi connectivity index (χ0) is 12.9. The minimum Gasteiger partial charge on any atom is -0.391 e. The first-order chi connectivity index (χ1) is 8.01. The predicted molar refractivity (Wildman–Crippen MR) is 67.9 cm³/mol. The van der Waals surface area contributed by atoms with Crippen molar-refractivity contribution in [2.45, 2.75) is 58.1 Å². The number of nitrogens with zero attached hydrogens (tertiary/aromatic N) is 1. The van der Waals surface area contributed by atoms with Gasteiger partial charge >= 0.3 is 0 Å². The number of nitrogens with one attached hydrogen (secondary N) is 1. The van der Waals surface area contributed by atoms with Crippen LogP contribution in [0.25, 0.3) is 0 Å². The van der Waals surface area contributed by atoms with E-state index in [0.29, 0.717) is 19.5 Å². The van der Waals surface area contributed by atoms with Crippen molar-refractivity contribution in [3.8, 4) is 0 Å². The maximum absolute atomic E-state index is 12.0. The number of hydrogen-bond acceptors (Lipinski definition) is 3. The first-order valence-electron chi connectivity index (χ1n) is 6.46. The van der Waals surface area contributed by atoms with Crippen molar-refractivity contribution in [3.63, 3.8) is 0 Å². The minimum atomic E-state index is -3.45. The second-order valence-corrected chi connectivity index (χ2v) is 6.22. The van der Waals surface area contributed by atoms with E-state index in [1.165, 1.54) is 4.31 Å². The van der Waals surface area contributed by atoms with Gasteiger partial charge in [-0.15, -0.1) is 0 Å². The Morgan fingerprint density at radius 1 is 1.18 bits per heavy atom. The summed E-state index contributed by atoms with van der Waals surface area (Å²) in [6, 6.07) is -0.330. The molecule has 0 spiro atoms. The standard InChI is InChI=1S/C11H24N2O3S/c1-3-13(4-2)17(15,16)12-10-8-6-5-7-9-11(10)14/h10-12,14H,3-9H2,1-2H3. The van der Waals surface area contributed by atoms with Crippen molar-refractivity contribution < 1.29 is 13.5 Å². The Hall–Kier alpha value is -0.170. The van der Waals surface area contributed by atoms with Crippen molar-refractivity contribution >= 4 is 10.2 Å². The summed E-state index contributed by atoms with van der Waals surface area (Å²) in [5, 5.41) is 9.89. The quantitative estimate of drug-likeness (QED) is 0.724. The molecule has 6 heteroatoms. The van der Waals surface area contributed by atoms with E-state index in [4.69, 9.17) is 0 Å². The van der Waals surface area contributed by atoms with Gasteiger partial charge in [-0.2, -0.15) is 17.4 Å². The fraction of sp³-hybridized carbons (Fsp3) is 1.00. The lowest BCUT2D eigenvalue weighted by Crippen LogP contribution is -2.49. The van der Waals surface area contributed by atoms with Gasteiger partial charge in [-0.25, -0.2) is 0 Å². The summed E-state index contributed by atoms with van der Waals surface area (Å²) in [6.45, 7) is 4.53. The Balaban J connectivity index is 2.67. The van der Waals surface area contributed by atoms with Crippen LogP contribution in [-0.4, -0.2) is 43.1 Å². The van der Waals surface area contributed by atoms with Crippen LogP contribution in [0.4, 0.5) is 0 Å². The van der Waals surface area contributed by atoms with E-state index in [9.17, 15) is 13.5 Å². The van der Waals surface area contributed by atoms with Crippen molar-refractivity contribution in [1.29, 1.82) is 0 Å². The van der Waals surface area contributed by atoms with Crippen LogP contribution in [0.15, 0.2) is 0 Å². The van der Waals surface area contributed by atoms with E-state index >= 15 is 0 Å². The molecular formula is C11H24N2O3S. The highest BCUT2D eigenvalue weighted by atomic mass is 32.2. The maximum atomic E-state index is 12.0. The van der Waals surface area contributed by atoms with E-state index in [2.05, 4.69) is 4.72 Å². The molecule has 1 rings (SSSR count). The molecule has 102 valence electrons. The third-order valence-corrected chi connectivity index (χ3v) is 5.12. The van der Waals surface area contributed by atoms with Crippen LogP contribution < -0.4 is 4.72 Å². The molecule has 0 aromatic rings. The lowest BCUT2D eigenvalue weighted by atomic mass is 10.1. The van der Waals surface area contributed by atoms with Gasteiger partial charge in [0, 0.05) is 19.1 Å². The topological polar surface area (TPSA) is 69.6 Å². The first kappa shape index (κ1) is 14.9. The summed E-state index contributed by atoms with van der Waals surface area (Å²) in [7, 11) is -3.45. The lowest BCUT2D eigenvalue weighted by Gasteiger charge is -2.26. The van der Waals surface area contributed by atoms with Gasteiger partial charge in [-0.3, -0.25) is 0 Å². The molecule has 17 heavy (non-hydrogen) atoms. The number of aliphatic hydroxyl groups excluding tert-OH is 1. The second kappa shape index (κ2) is 6.68. The van der Waals surface area contributed by atoms with Crippen LogP contribution in [0.5, 0.6) is 0 Å². The third kappa shape index (κ3) is 4.21. The summed E-state index contributed by atoms with van der Waals surface area (Å²) >= 11 is 0. The molecule has 1 aliphatic rings. The van der Waals surface area contributed by atoms with Gasteiger partial charge in [0.2, 0.25) is 0 Å². The molecule has 0 amide bonds. The molecule has 1 aliphatic carbocycles. The highest BCUT2D eigenvalue weighted by Crippen LogP contribution is 2.19. The van der Waals surface area contributed by atoms with Crippen molar-refractivity contribution in [3.05, 3.63) is 0 Å². The molecule has 0 aromatic carbocycles. The SMILES string of the molecule is CCN(CC)S(=O)(=O)NC1CCCCCC1O. The summed E-state index contributed by atoms with van der Waals surface area (Å²) in [6.07, 6.45) is 3.88. The molecule has 0 aliphatic heterocycles. The van der Waals surface area contributed by atoms with Crippen LogP contribution in [0, 0.1) is 0 Å². The maximum Gasteiger partial charge on any atom is 0.279 e. The Morgan fingerprint density at radius 2 is 1.76 bits per heavy atom. The monoisotopic (exact) mass is 264 g/mol. The molecule has 0 heterocycles. The van der Waals surface area contributed by atoms with Crippen LogP contribution >= 0.6 is 0 Å². The van der Waals surface area contributed by atoms with Crippen molar-refractivity contribution in [1.82, 2.24) is 9.03 Å². The molecule has 0 aromatic heterocycles. The van der Waals surface area contributed by atoms with E-state index in [-0.39, 0.29) is 6.04 Å². The Labute approximate surface area is 104 Å². The van der Waals surface area contributed by atoms with Crippen LogP contribution in [0.3, 0.4) is 0 Å². The average Bonchev–Trinajstić information content (AvgIpc) is 2.45. The van der Waals surface area contributed by atoms with Crippen LogP contribution in [0.2, 0.25) is 0 Å². The Bertz CT molecular complexity index is 315. The molecule has 0 saturated heterocycles. The van der Waals surface area contributed by atoms with Gasteiger partial charge in [0.1, 0.15) is 0 Å². The van der Waals surface area contributed by atoms with E-state index in [0.717, 1.165) is 25.7 Å². The minimum absolute atomic E-state index is 0.330. The number of aliphatic hydroxyl groups is 1. The first-order valence-corrected chi connectivity index (χ1v) is 7.90. The average molecular weight is 264 g/mol. The lowest BCUT2D eigenvalue weighted by molar-refractivity contribution is 0.129. The van der Waals surface area contributed by atoms with Gasteiger partial charge in [0.25, 0.3) is 10.2 Å². The van der Waals surface area contributed by atoms with Crippen LogP contribution in [-0.2, 0) is 10.2 Å². The molecule has 2 unspecified atom stereocenters. The van der Waals surface area contributed by atoms with Crippen LogP contribution in [0.1, 0.15) is 46.0 Å². The van der Waals surface area contributed by atoms with Gasteiger partial charge < -0.3 is 5.11 Å². The fourth-order valence-corrected chi connectivity index (χ4v) is 3.74. The Kier molecular flexibility index (Phi) is 5.85. The van der Waals surface area contributed by atoms with Crippen molar-refractivity contribution in [2.24, 2.45) is 0 Å². The largest absolute Gasteiger partial charge is 0.391 e. The van der Waals surface area contributed by atoms with E-state index in [1.807, 2.05) is 13.8 Å². The summed E-state index contributed by atoms with van der Waals surface area (Å²) in [5.41, 5.74) is 0. The zero-order valence-electron chi connectivity index (χ0n) is 10.7. The van der Waals surface area contributed by atoms with E-state index < -0.39 is 16.3 Å². The molecular weight excluding hydrogens is 240 g/mol. The van der Waals surface area contributed by atoms with Gasteiger partial charge in [-0.05, 0) is 12.8 Å². The summed E-state index contributed by atoms with van der Waals surface area (Å²) in [4.78, 5) is 0. The fourth-order valence-electron chi connectivity index (χ4n) is 2.25. The third-order valence-electron chi connectivity index (χ3n) is 3.33. The van der Waals surface area contributed by atoms with E-state index in [1.54, 1.807) is 0 Å². The second-order valence-electron chi connectivity index (χ2n) is 4.52. The van der Waals surface area contributed by atoms with Crippen molar-refractivity contribution in [2.75, 3.05) is 13.1 Å². The smallest absolute Gasteiger partial charge is 0.279 e. The number of rotatable bonds is 5. The van der Waals surface area contributed by atoms with Gasteiger partial charge in [0.05, 0.1) is 6.10 Å². The summed E-state index contributed by atoms with van der Waals surface area (Å²) < 4.78 is 28.1. The molecule has 0 bridgehead atoms. The van der Waals surface area contributed by atoms with Gasteiger partial charge in [0.15, 0.2) is 0 Å². The summed E-state index contributed by atoms with van der Waals surface area (Å²) in [5.74, 6) is 0. The molecule has 0 radical (unpaired) electrons. The Morgan fingerprint density at radius 3 is 2.35 bits per heavy atom.